The molecule has 0 unspecified atom stereocenters. The molecule has 0 bridgehead atoms. The third-order valence-corrected chi connectivity index (χ3v) is 5.45. The van der Waals surface area contributed by atoms with Crippen molar-refractivity contribution in [3.63, 3.8) is 0 Å². The molecule has 5 rings (SSSR count). The summed E-state index contributed by atoms with van der Waals surface area (Å²) in [6, 6.07) is 17.1. The Labute approximate surface area is 153 Å². The van der Waals surface area contributed by atoms with Crippen molar-refractivity contribution in [1.82, 2.24) is 14.6 Å². The van der Waals surface area contributed by atoms with Crippen LogP contribution in [0.2, 0.25) is 5.02 Å². The number of nitrogens with one attached hydrogen (secondary N) is 1. The van der Waals surface area contributed by atoms with Gasteiger partial charge in [-0.2, -0.15) is 14.9 Å². The van der Waals surface area contributed by atoms with E-state index in [1.54, 1.807) is 6.07 Å². The lowest BCUT2D eigenvalue weighted by Gasteiger charge is -2.13. The van der Waals surface area contributed by atoms with E-state index in [1.165, 1.54) is 4.52 Å². The molecule has 6 heteroatoms. The minimum Gasteiger partial charge on any atom is -0.338 e. The van der Waals surface area contributed by atoms with Crippen molar-refractivity contribution in [2.24, 2.45) is 0 Å². The Morgan fingerprint density at radius 1 is 1.15 bits per heavy atom. The zero-order valence-corrected chi connectivity index (χ0v) is 14.4. The highest BCUT2D eigenvalue weighted by molar-refractivity contribution is 6.30. The summed E-state index contributed by atoms with van der Waals surface area (Å²) in [6.07, 6.45) is 1.78. The molecule has 0 atom stereocenters. The molecule has 0 amide bonds. The van der Waals surface area contributed by atoms with Crippen molar-refractivity contribution in [3.8, 4) is 6.07 Å². The Balaban J connectivity index is 1.83. The van der Waals surface area contributed by atoms with E-state index in [1.807, 2.05) is 42.5 Å². The number of hydrogen-bond acceptors (Lipinski definition) is 3. The molecule has 26 heavy (non-hydrogen) atoms. The SMILES string of the molecule is N#Cc1c(C2(c3ccc(Cl)cc3)CC2)nn2c(=O)c3ccccc3[nH]c12. The Hall–Kier alpha value is -3.10. The van der Waals surface area contributed by atoms with Crippen LogP contribution in [0.5, 0.6) is 0 Å². The topological polar surface area (TPSA) is 74.0 Å². The molecule has 0 spiro atoms. The van der Waals surface area contributed by atoms with Gasteiger partial charge in [-0.3, -0.25) is 4.79 Å². The molecule has 4 aromatic rings. The first-order valence-electron chi connectivity index (χ1n) is 8.34. The molecular weight excluding hydrogens is 348 g/mol. The first-order valence-corrected chi connectivity index (χ1v) is 8.72. The number of aromatic nitrogens is 3. The summed E-state index contributed by atoms with van der Waals surface area (Å²) in [7, 11) is 0. The zero-order valence-electron chi connectivity index (χ0n) is 13.7. The molecule has 0 radical (unpaired) electrons. The van der Waals surface area contributed by atoms with Crippen molar-refractivity contribution in [1.29, 1.82) is 5.26 Å². The van der Waals surface area contributed by atoms with E-state index in [4.69, 9.17) is 11.6 Å². The largest absolute Gasteiger partial charge is 0.338 e. The molecule has 1 fully saturated rings. The molecule has 1 N–H and O–H groups in total. The highest BCUT2D eigenvalue weighted by Crippen LogP contribution is 2.54. The van der Waals surface area contributed by atoms with Crippen molar-refractivity contribution in [2.45, 2.75) is 18.3 Å². The van der Waals surface area contributed by atoms with Crippen molar-refractivity contribution in [3.05, 3.63) is 80.7 Å². The molecule has 0 aliphatic heterocycles. The lowest BCUT2D eigenvalue weighted by molar-refractivity contribution is 0.762. The predicted octanol–water partition coefficient (Wildman–Crippen LogP) is 3.78. The van der Waals surface area contributed by atoms with Gasteiger partial charge in [-0.05, 0) is 42.7 Å². The van der Waals surface area contributed by atoms with E-state index < -0.39 is 0 Å². The van der Waals surface area contributed by atoms with E-state index in [0.717, 1.165) is 18.4 Å². The maximum atomic E-state index is 12.9. The summed E-state index contributed by atoms with van der Waals surface area (Å²) in [5, 5.41) is 15.6. The minimum atomic E-state index is -0.325. The molecule has 2 heterocycles. The number of nitrogens with zero attached hydrogens (tertiary/aromatic N) is 3. The number of halogens is 1. The highest BCUT2D eigenvalue weighted by atomic mass is 35.5. The number of H-pyrrole nitrogens is 1. The molecular formula is C20H13ClN4O. The standard InChI is InChI=1S/C20H13ClN4O/c21-13-7-5-12(6-8-13)20(9-10-20)17-15(11-22)18-23-16-4-2-1-3-14(16)19(26)25(18)24-17/h1-8,23H,9-10H2. The van der Waals surface area contributed by atoms with Crippen molar-refractivity contribution in [2.75, 3.05) is 0 Å². The van der Waals surface area contributed by atoms with Crippen LogP contribution < -0.4 is 5.56 Å². The van der Waals surface area contributed by atoms with Gasteiger partial charge in [0.2, 0.25) is 0 Å². The lowest BCUT2D eigenvalue weighted by Crippen LogP contribution is -2.16. The van der Waals surface area contributed by atoms with Gasteiger partial charge in [0.1, 0.15) is 11.6 Å². The average molecular weight is 361 g/mol. The van der Waals surface area contributed by atoms with Gasteiger partial charge in [-0.1, -0.05) is 35.9 Å². The maximum Gasteiger partial charge on any atom is 0.282 e. The Morgan fingerprint density at radius 2 is 1.88 bits per heavy atom. The van der Waals surface area contributed by atoms with Crippen molar-refractivity contribution >= 4 is 28.2 Å². The van der Waals surface area contributed by atoms with E-state index in [2.05, 4.69) is 16.2 Å². The fourth-order valence-electron chi connectivity index (χ4n) is 3.70. The Kier molecular flexibility index (Phi) is 3.03. The summed E-state index contributed by atoms with van der Waals surface area (Å²) in [5.41, 5.74) is 2.76. The summed E-state index contributed by atoms with van der Waals surface area (Å²) in [5.74, 6) is 0. The highest BCUT2D eigenvalue weighted by Gasteiger charge is 2.50. The average Bonchev–Trinajstić information content (AvgIpc) is 3.38. The molecule has 126 valence electrons. The quantitative estimate of drug-likeness (QED) is 0.591. The van der Waals surface area contributed by atoms with Gasteiger partial charge in [-0.25, -0.2) is 0 Å². The van der Waals surface area contributed by atoms with Gasteiger partial charge < -0.3 is 4.98 Å². The van der Waals surface area contributed by atoms with E-state index >= 15 is 0 Å². The second-order valence-electron chi connectivity index (χ2n) is 6.66. The Bertz CT molecular complexity index is 1270. The summed E-state index contributed by atoms with van der Waals surface area (Å²) >= 11 is 6.01. The third-order valence-electron chi connectivity index (χ3n) is 5.20. The molecule has 2 aromatic heterocycles. The monoisotopic (exact) mass is 360 g/mol. The minimum absolute atomic E-state index is 0.219. The molecule has 1 aliphatic carbocycles. The maximum absolute atomic E-state index is 12.9. The van der Waals surface area contributed by atoms with Crippen LogP contribution in [0, 0.1) is 11.3 Å². The van der Waals surface area contributed by atoms with Gasteiger partial charge >= 0.3 is 0 Å². The van der Waals surface area contributed by atoms with Crippen molar-refractivity contribution < 1.29 is 0 Å². The van der Waals surface area contributed by atoms with E-state index in [0.29, 0.717) is 32.8 Å². The fourth-order valence-corrected chi connectivity index (χ4v) is 3.82. The molecule has 0 saturated heterocycles. The van der Waals surface area contributed by atoms with E-state index in [9.17, 15) is 10.1 Å². The molecule has 2 aromatic carbocycles. The van der Waals surface area contributed by atoms with Crippen LogP contribution >= 0.6 is 11.6 Å². The van der Waals surface area contributed by atoms with Crippen LogP contribution in [-0.4, -0.2) is 14.6 Å². The van der Waals surface area contributed by atoms with Gasteiger partial charge in [0.25, 0.3) is 5.56 Å². The van der Waals surface area contributed by atoms with Crippen LogP contribution in [0.3, 0.4) is 0 Å². The van der Waals surface area contributed by atoms with Gasteiger partial charge in [0, 0.05) is 10.4 Å². The summed E-state index contributed by atoms with van der Waals surface area (Å²) in [6.45, 7) is 0. The fraction of sp³-hybridized carbons (Fsp3) is 0.150. The van der Waals surface area contributed by atoms with Gasteiger partial charge in [-0.15, -0.1) is 0 Å². The number of fused-ring (bicyclic) bond motifs is 2. The number of hydrogen-bond donors (Lipinski definition) is 1. The number of benzene rings is 2. The summed E-state index contributed by atoms with van der Waals surface area (Å²) < 4.78 is 1.33. The number of nitriles is 1. The predicted molar refractivity (Wildman–Crippen MR) is 99.5 cm³/mol. The van der Waals surface area contributed by atoms with Crippen LogP contribution in [0.25, 0.3) is 16.6 Å². The lowest BCUT2D eigenvalue weighted by atomic mass is 9.90. The third kappa shape index (κ3) is 1.97. The van der Waals surface area contributed by atoms with Gasteiger partial charge in [0.15, 0.2) is 5.65 Å². The van der Waals surface area contributed by atoms with Crippen LogP contribution in [-0.2, 0) is 5.41 Å². The second kappa shape index (κ2) is 5.20. The Morgan fingerprint density at radius 3 is 2.58 bits per heavy atom. The van der Waals surface area contributed by atoms with Crippen LogP contribution in [0.4, 0.5) is 0 Å². The van der Waals surface area contributed by atoms with Gasteiger partial charge in [0.05, 0.1) is 16.6 Å². The molecule has 1 saturated carbocycles. The van der Waals surface area contributed by atoms with Crippen LogP contribution in [0.1, 0.15) is 29.7 Å². The number of aromatic amines is 1. The molecule has 5 nitrogen and oxygen atoms in total. The van der Waals surface area contributed by atoms with Crippen LogP contribution in [0.15, 0.2) is 53.3 Å². The first-order chi connectivity index (χ1) is 12.6. The second-order valence-corrected chi connectivity index (χ2v) is 7.10. The van der Waals surface area contributed by atoms with E-state index in [-0.39, 0.29) is 11.0 Å². The zero-order chi connectivity index (χ0) is 17.9. The normalized spacial score (nSPS) is 15.2. The molecule has 1 aliphatic rings. The first kappa shape index (κ1) is 15.2. The summed E-state index contributed by atoms with van der Waals surface area (Å²) in [4.78, 5) is 16.1. The number of para-hydroxylation sites is 1. The smallest absolute Gasteiger partial charge is 0.282 e. The number of rotatable bonds is 2.